The molecule has 1 amide bonds. The van der Waals surface area contributed by atoms with Gasteiger partial charge in [-0.25, -0.2) is 0 Å². The summed E-state index contributed by atoms with van der Waals surface area (Å²) in [5.74, 6) is 0.781. The number of carbonyl (C=O) groups excluding carboxylic acids is 1. The van der Waals surface area contributed by atoms with E-state index in [1.54, 1.807) is 9.47 Å². The van der Waals surface area contributed by atoms with Gasteiger partial charge in [0.1, 0.15) is 21.8 Å². The fourth-order valence-electron chi connectivity index (χ4n) is 4.63. The quantitative estimate of drug-likeness (QED) is 0.237. The zero-order valence-corrected chi connectivity index (χ0v) is 22.3. The Bertz CT molecular complexity index is 1050. The molecule has 3 rings (SSSR count). The summed E-state index contributed by atoms with van der Waals surface area (Å²) in [6.07, 6.45) is 11.3. The maximum Gasteiger partial charge on any atom is 0.270 e. The van der Waals surface area contributed by atoms with Crippen LogP contribution >= 0.6 is 24.0 Å². The standard InChI is InChI=1S/C26H36N4O2S2/c1-4-6-8-12-16-30-25(32)22(34-26(30)33)17-20-19(3)21(18-27)24(31)29(15-7-5-2)23(20)28-13-10-9-11-14-28/h17H,4-16H2,1-3H3/b22-17-. The molecule has 2 aliphatic heterocycles. The van der Waals surface area contributed by atoms with E-state index in [0.29, 0.717) is 27.9 Å². The van der Waals surface area contributed by atoms with Gasteiger partial charge in [0, 0.05) is 31.7 Å². The Balaban J connectivity index is 2.08. The zero-order valence-electron chi connectivity index (χ0n) is 20.7. The molecule has 0 unspecified atom stereocenters. The second-order valence-corrected chi connectivity index (χ2v) is 10.8. The molecule has 1 aromatic heterocycles. The molecule has 0 N–H and O–H groups in total. The third kappa shape index (κ3) is 5.75. The van der Waals surface area contributed by atoms with E-state index >= 15 is 0 Å². The van der Waals surface area contributed by atoms with Crippen LogP contribution in [-0.4, -0.2) is 39.3 Å². The summed E-state index contributed by atoms with van der Waals surface area (Å²) in [6, 6.07) is 2.14. The van der Waals surface area contributed by atoms with E-state index in [1.807, 2.05) is 13.0 Å². The molecule has 2 saturated heterocycles. The third-order valence-electron chi connectivity index (χ3n) is 6.62. The molecule has 2 aliphatic rings. The van der Waals surface area contributed by atoms with Crippen LogP contribution in [-0.2, 0) is 11.3 Å². The number of pyridine rings is 1. The Kier molecular flexibility index (Phi) is 9.78. The van der Waals surface area contributed by atoms with Crippen molar-refractivity contribution in [1.82, 2.24) is 9.47 Å². The first kappa shape index (κ1) is 26.5. The molecular weight excluding hydrogens is 464 g/mol. The van der Waals surface area contributed by atoms with Gasteiger partial charge in [0.15, 0.2) is 0 Å². The predicted octanol–water partition coefficient (Wildman–Crippen LogP) is 5.60. The first-order chi connectivity index (χ1) is 16.4. The van der Waals surface area contributed by atoms with E-state index in [2.05, 4.69) is 24.8 Å². The van der Waals surface area contributed by atoms with Crippen molar-refractivity contribution in [3.8, 4) is 6.07 Å². The largest absolute Gasteiger partial charge is 0.357 e. The molecule has 0 radical (unpaired) electrons. The Hall–Kier alpha value is -2.11. The third-order valence-corrected chi connectivity index (χ3v) is 8.00. The molecule has 184 valence electrons. The maximum absolute atomic E-state index is 13.3. The van der Waals surface area contributed by atoms with Crippen LogP contribution < -0.4 is 10.5 Å². The molecule has 3 heterocycles. The van der Waals surface area contributed by atoms with Crippen molar-refractivity contribution >= 4 is 46.1 Å². The second kappa shape index (κ2) is 12.6. The molecule has 6 nitrogen and oxygen atoms in total. The average molecular weight is 501 g/mol. The van der Waals surface area contributed by atoms with Crippen molar-refractivity contribution in [3.05, 3.63) is 31.9 Å². The summed E-state index contributed by atoms with van der Waals surface area (Å²) < 4.78 is 2.36. The van der Waals surface area contributed by atoms with Crippen molar-refractivity contribution in [3.63, 3.8) is 0 Å². The SMILES string of the molecule is CCCCCCN1C(=O)/C(=C/c2c(C)c(C#N)c(=O)n(CCCC)c2N2CCCCC2)SC1=S. The molecule has 0 bridgehead atoms. The Morgan fingerprint density at radius 1 is 1.03 bits per heavy atom. The van der Waals surface area contributed by atoms with Crippen LogP contribution in [0.1, 0.15) is 88.3 Å². The number of thioether (sulfide) groups is 1. The molecule has 0 aromatic carbocycles. The number of carbonyl (C=O) groups is 1. The molecule has 8 heteroatoms. The monoisotopic (exact) mass is 500 g/mol. The lowest BCUT2D eigenvalue weighted by Crippen LogP contribution is -2.37. The number of anilines is 1. The highest BCUT2D eigenvalue weighted by Gasteiger charge is 2.33. The highest BCUT2D eigenvalue weighted by Crippen LogP contribution is 2.36. The number of rotatable bonds is 10. The highest BCUT2D eigenvalue weighted by atomic mass is 32.2. The fourth-order valence-corrected chi connectivity index (χ4v) is 5.93. The molecule has 34 heavy (non-hydrogen) atoms. The van der Waals surface area contributed by atoms with E-state index in [-0.39, 0.29) is 17.0 Å². The average Bonchev–Trinajstić information content (AvgIpc) is 3.10. The van der Waals surface area contributed by atoms with Gasteiger partial charge < -0.3 is 4.90 Å². The van der Waals surface area contributed by atoms with Gasteiger partial charge in [0.25, 0.3) is 11.5 Å². The van der Waals surface area contributed by atoms with Crippen LogP contribution in [0.4, 0.5) is 5.82 Å². The highest BCUT2D eigenvalue weighted by molar-refractivity contribution is 8.26. The minimum atomic E-state index is -0.227. The van der Waals surface area contributed by atoms with Gasteiger partial charge in [0.05, 0.1) is 4.91 Å². The number of nitrogens with zero attached hydrogens (tertiary/aromatic N) is 4. The number of thiocarbonyl (C=S) groups is 1. The number of unbranched alkanes of at least 4 members (excludes halogenated alkanes) is 4. The van der Waals surface area contributed by atoms with Gasteiger partial charge in [0.2, 0.25) is 0 Å². The fraction of sp³-hybridized carbons (Fsp3) is 0.615. The number of hydrogen-bond acceptors (Lipinski definition) is 6. The van der Waals surface area contributed by atoms with Gasteiger partial charge in [-0.15, -0.1) is 0 Å². The predicted molar refractivity (Wildman–Crippen MR) is 145 cm³/mol. The summed E-state index contributed by atoms with van der Waals surface area (Å²) >= 11 is 6.87. The van der Waals surface area contributed by atoms with Crippen LogP contribution in [0.2, 0.25) is 0 Å². The minimum absolute atomic E-state index is 0.0692. The Morgan fingerprint density at radius 3 is 2.38 bits per heavy atom. The van der Waals surface area contributed by atoms with E-state index in [4.69, 9.17) is 12.2 Å². The van der Waals surface area contributed by atoms with Crippen molar-refractivity contribution in [2.24, 2.45) is 0 Å². The van der Waals surface area contributed by atoms with Gasteiger partial charge >= 0.3 is 0 Å². The molecule has 0 spiro atoms. The van der Waals surface area contributed by atoms with Crippen molar-refractivity contribution in [2.45, 2.75) is 85.1 Å². The summed E-state index contributed by atoms with van der Waals surface area (Å²) in [5.41, 5.74) is 1.39. The topological polar surface area (TPSA) is 69.3 Å². The minimum Gasteiger partial charge on any atom is -0.357 e. The lowest BCUT2D eigenvalue weighted by atomic mass is 10.0. The van der Waals surface area contributed by atoms with Crippen molar-refractivity contribution < 1.29 is 4.79 Å². The molecule has 0 saturated carbocycles. The van der Waals surface area contributed by atoms with Gasteiger partial charge in [-0.05, 0) is 50.7 Å². The van der Waals surface area contributed by atoms with Crippen LogP contribution in [0.15, 0.2) is 9.70 Å². The zero-order chi connectivity index (χ0) is 24.7. The Labute approximate surface area is 213 Å². The summed E-state index contributed by atoms with van der Waals surface area (Å²) in [4.78, 5) is 31.1. The first-order valence-corrected chi connectivity index (χ1v) is 13.8. The number of piperidine rings is 1. The normalized spacial score (nSPS) is 17.6. The molecule has 0 atom stereocenters. The molecule has 2 fully saturated rings. The van der Waals surface area contributed by atoms with Crippen molar-refractivity contribution in [1.29, 1.82) is 5.26 Å². The number of nitriles is 1. The van der Waals surface area contributed by atoms with Crippen molar-refractivity contribution in [2.75, 3.05) is 24.5 Å². The van der Waals surface area contributed by atoms with Crippen LogP contribution in [0, 0.1) is 18.3 Å². The number of hydrogen-bond donors (Lipinski definition) is 0. The van der Waals surface area contributed by atoms with Gasteiger partial charge in [-0.3, -0.25) is 19.1 Å². The summed E-state index contributed by atoms with van der Waals surface area (Å²) in [6.45, 7) is 9.04. The van der Waals surface area contributed by atoms with Gasteiger partial charge in [-0.2, -0.15) is 5.26 Å². The maximum atomic E-state index is 13.3. The van der Waals surface area contributed by atoms with E-state index in [9.17, 15) is 14.9 Å². The number of amides is 1. The second-order valence-electron chi connectivity index (χ2n) is 9.10. The molecule has 1 aromatic rings. The summed E-state index contributed by atoms with van der Waals surface area (Å²) in [5, 5.41) is 9.81. The first-order valence-electron chi connectivity index (χ1n) is 12.6. The molecular formula is C26H36N4O2S2. The summed E-state index contributed by atoms with van der Waals surface area (Å²) in [7, 11) is 0. The Morgan fingerprint density at radius 2 is 1.74 bits per heavy atom. The lowest BCUT2D eigenvalue weighted by molar-refractivity contribution is -0.122. The van der Waals surface area contributed by atoms with Crippen LogP contribution in [0.25, 0.3) is 6.08 Å². The number of aromatic nitrogens is 1. The van der Waals surface area contributed by atoms with E-state index in [0.717, 1.165) is 75.8 Å². The van der Waals surface area contributed by atoms with E-state index < -0.39 is 0 Å². The van der Waals surface area contributed by atoms with E-state index in [1.165, 1.54) is 18.2 Å². The smallest absolute Gasteiger partial charge is 0.270 e. The van der Waals surface area contributed by atoms with Crippen LogP contribution in [0.5, 0.6) is 0 Å². The lowest BCUT2D eigenvalue weighted by Gasteiger charge is -2.33. The molecule has 0 aliphatic carbocycles. The van der Waals surface area contributed by atoms with Crippen LogP contribution in [0.3, 0.4) is 0 Å². The van der Waals surface area contributed by atoms with Gasteiger partial charge in [-0.1, -0.05) is 63.5 Å².